The molecule has 6 nitrogen and oxygen atoms in total. The molecule has 1 heterocycles. The summed E-state index contributed by atoms with van der Waals surface area (Å²) in [5.74, 6) is -0.414. The number of ether oxygens (including phenoxy) is 1. The molecule has 28 heavy (non-hydrogen) atoms. The Kier molecular flexibility index (Phi) is 6.23. The maximum atomic E-state index is 13.0. The first-order valence-corrected chi connectivity index (χ1v) is 10.0. The zero-order valence-corrected chi connectivity index (χ0v) is 16.9. The number of hydrogen-bond acceptors (Lipinski definition) is 4. The fourth-order valence-electron chi connectivity index (χ4n) is 3.57. The van der Waals surface area contributed by atoms with Crippen molar-refractivity contribution in [3.05, 3.63) is 30.1 Å². The highest BCUT2D eigenvalue weighted by molar-refractivity contribution is 5.92. The zero-order valence-electron chi connectivity index (χ0n) is 16.9. The number of likely N-dealkylation sites (tertiary alicyclic amines) is 1. The molecule has 0 spiro atoms. The average Bonchev–Trinajstić information content (AvgIpc) is 3.45. The van der Waals surface area contributed by atoms with Gasteiger partial charge in [-0.25, -0.2) is 9.18 Å². The summed E-state index contributed by atoms with van der Waals surface area (Å²) in [5, 5.41) is 2.84. The van der Waals surface area contributed by atoms with Crippen molar-refractivity contribution in [1.29, 1.82) is 0 Å². The normalized spacial score (nSPS) is 18.2. The number of nitrogens with zero attached hydrogens (tertiary/aromatic N) is 2. The van der Waals surface area contributed by atoms with Crippen LogP contribution in [0, 0.1) is 5.82 Å². The molecule has 154 valence electrons. The minimum Gasteiger partial charge on any atom is -0.444 e. The second-order valence-corrected chi connectivity index (χ2v) is 8.66. The maximum absolute atomic E-state index is 13.0. The number of piperidine rings is 1. The second-order valence-electron chi connectivity index (χ2n) is 8.66. The third kappa shape index (κ3) is 5.92. The van der Waals surface area contributed by atoms with E-state index >= 15 is 0 Å². The van der Waals surface area contributed by atoms with Gasteiger partial charge in [-0.05, 0) is 70.7 Å². The van der Waals surface area contributed by atoms with Crippen molar-refractivity contribution in [2.75, 3.05) is 25.0 Å². The first-order chi connectivity index (χ1) is 13.2. The lowest BCUT2D eigenvalue weighted by Gasteiger charge is -2.38. The monoisotopic (exact) mass is 391 g/mol. The lowest BCUT2D eigenvalue weighted by Crippen LogP contribution is -2.50. The maximum Gasteiger partial charge on any atom is 0.410 e. The van der Waals surface area contributed by atoms with Crippen LogP contribution in [0.4, 0.5) is 14.9 Å². The summed E-state index contributed by atoms with van der Waals surface area (Å²) in [6.45, 7) is 7.20. The third-order valence-corrected chi connectivity index (χ3v) is 5.06. The fraction of sp³-hybridized carbons (Fsp3) is 0.619. The average molecular weight is 391 g/mol. The first kappa shape index (κ1) is 20.6. The number of carbonyl (C=O) groups excluding carboxylic acids is 2. The summed E-state index contributed by atoms with van der Waals surface area (Å²) in [6, 6.07) is 6.52. The van der Waals surface area contributed by atoms with E-state index in [2.05, 4.69) is 10.2 Å². The van der Waals surface area contributed by atoms with E-state index in [4.69, 9.17) is 4.74 Å². The molecule has 1 N–H and O–H groups in total. The molecule has 0 unspecified atom stereocenters. The van der Waals surface area contributed by atoms with Crippen molar-refractivity contribution in [2.24, 2.45) is 0 Å². The van der Waals surface area contributed by atoms with Crippen LogP contribution in [0.1, 0.15) is 46.5 Å². The molecular formula is C21H30FN3O3. The number of hydrogen-bond donors (Lipinski definition) is 1. The molecule has 1 saturated heterocycles. The summed E-state index contributed by atoms with van der Waals surface area (Å²) in [5.41, 5.74) is 0.105. The van der Waals surface area contributed by atoms with Gasteiger partial charge in [0.25, 0.3) is 0 Å². The molecule has 0 atom stereocenters. The van der Waals surface area contributed by atoms with Crippen molar-refractivity contribution in [2.45, 2.75) is 64.1 Å². The van der Waals surface area contributed by atoms with E-state index in [1.165, 1.54) is 12.1 Å². The number of rotatable bonds is 5. The highest BCUT2D eigenvalue weighted by Crippen LogP contribution is 2.32. The lowest BCUT2D eigenvalue weighted by atomic mass is 10.0. The van der Waals surface area contributed by atoms with E-state index in [0.717, 1.165) is 25.7 Å². The minimum absolute atomic E-state index is 0.0897. The van der Waals surface area contributed by atoms with Crippen LogP contribution in [-0.2, 0) is 9.53 Å². The van der Waals surface area contributed by atoms with E-state index in [0.29, 0.717) is 31.4 Å². The number of carbonyl (C=O) groups is 2. The minimum atomic E-state index is -0.494. The van der Waals surface area contributed by atoms with Crippen LogP contribution in [-0.4, -0.2) is 59.1 Å². The van der Waals surface area contributed by atoms with Crippen LogP contribution < -0.4 is 5.32 Å². The highest BCUT2D eigenvalue weighted by atomic mass is 19.1. The highest BCUT2D eigenvalue weighted by Gasteiger charge is 2.37. The van der Waals surface area contributed by atoms with Crippen LogP contribution in [0.15, 0.2) is 24.3 Å². The summed E-state index contributed by atoms with van der Waals surface area (Å²) >= 11 is 0. The van der Waals surface area contributed by atoms with E-state index in [1.54, 1.807) is 17.0 Å². The van der Waals surface area contributed by atoms with Crippen molar-refractivity contribution >= 4 is 17.7 Å². The molecular weight excluding hydrogens is 361 g/mol. The van der Waals surface area contributed by atoms with Gasteiger partial charge >= 0.3 is 6.09 Å². The number of benzene rings is 1. The van der Waals surface area contributed by atoms with Crippen LogP contribution in [0.25, 0.3) is 0 Å². The predicted molar refractivity (Wildman–Crippen MR) is 106 cm³/mol. The number of amides is 2. The molecule has 2 amide bonds. The van der Waals surface area contributed by atoms with Crippen LogP contribution in [0.2, 0.25) is 0 Å². The molecule has 1 saturated carbocycles. The Bertz CT molecular complexity index is 690. The van der Waals surface area contributed by atoms with Gasteiger partial charge in [-0.15, -0.1) is 0 Å². The molecule has 2 fully saturated rings. The van der Waals surface area contributed by atoms with Gasteiger partial charge in [-0.2, -0.15) is 0 Å². The standard InChI is InChI=1S/C21H30FN3O3/c1-21(2,3)28-20(27)24-12-10-18(11-13-24)25(17-8-9-17)14-19(26)23-16-6-4-15(22)5-7-16/h4-7,17-18H,8-14H2,1-3H3,(H,23,26). The molecule has 7 heteroatoms. The molecule has 0 radical (unpaired) electrons. The van der Waals surface area contributed by atoms with Gasteiger partial charge in [-0.3, -0.25) is 9.69 Å². The molecule has 0 aromatic heterocycles. The SMILES string of the molecule is CC(C)(C)OC(=O)N1CCC(N(CC(=O)Nc2ccc(F)cc2)C2CC2)CC1. The van der Waals surface area contributed by atoms with Crippen molar-refractivity contribution in [1.82, 2.24) is 9.80 Å². The Morgan fingerprint density at radius 3 is 2.21 bits per heavy atom. The van der Waals surface area contributed by atoms with Crippen LogP contribution in [0.5, 0.6) is 0 Å². The molecule has 1 aliphatic heterocycles. The molecule has 1 aromatic carbocycles. The van der Waals surface area contributed by atoms with E-state index in [1.807, 2.05) is 20.8 Å². The topological polar surface area (TPSA) is 61.9 Å². The quantitative estimate of drug-likeness (QED) is 0.833. The largest absolute Gasteiger partial charge is 0.444 e. The van der Waals surface area contributed by atoms with Gasteiger partial charge < -0.3 is 15.0 Å². The van der Waals surface area contributed by atoms with Crippen molar-refractivity contribution in [3.63, 3.8) is 0 Å². The van der Waals surface area contributed by atoms with Gasteiger partial charge in [0.2, 0.25) is 5.91 Å². The van der Waals surface area contributed by atoms with Gasteiger partial charge in [0.05, 0.1) is 6.54 Å². The molecule has 1 aliphatic carbocycles. The Morgan fingerprint density at radius 2 is 1.68 bits per heavy atom. The Hall–Kier alpha value is -2.15. The summed E-state index contributed by atoms with van der Waals surface area (Å²) in [7, 11) is 0. The summed E-state index contributed by atoms with van der Waals surface area (Å²) in [6.07, 6.45) is 3.61. The Balaban J connectivity index is 1.52. The molecule has 3 rings (SSSR count). The first-order valence-electron chi connectivity index (χ1n) is 10.0. The fourth-order valence-corrected chi connectivity index (χ4v) is 3.57. The Labute approximate surface area is 166 Å². The number of nitrogens with one attached hydrogen (secondary N) is 1. The van der Waals surface area contributed by atoms with Crippen LogP contribution in [0.3, 0.4) is 0 Å². The van der Waals surface area contributed by atoms with Crippen molar-refractivity contribution < 1.29 is 18.7 Å². The van der Waals surface area contributed by atoms with E-state index in [9.17, 15) is 14.0 Å². The smallest absolute Gasteiger partial charge is 0.410 e. The van der Waals surface area contributed by atoms with E-state index < -0.39 is 5.60 Å². The van der Waals surface area contributed by atoms with Crippen LogP contribution >= 0.6 is 0 Å². The lowest BCUT2D eigenvalue weighted by molar-refractivity contribution is -0.118. The number of anilines is 1. The third-order valence-electron chi connectivity index (χ3n) is 5.06. The van der Waals surface area contributed by atoms with Gasteiger partial charge in [0, 0.05) is 30.9 Å². The van der Waals surface area contributed by atoms with Gasteiger partial charge in [0.15, 0.2) is 0 Å². The zero-order chi connectivity index (χ0) is 20.3. The van der Waals surface area contributed by atoms with Crippen molar-refractivity contribution in [3.8, 4) is 0 Å². The molecule has 2 aliphatic rings. The Morgan fingerprint density at radius 1 is 1.11 bits per heavy atom. The summed E-state index contributed by atoms with van der Waals surface area (Å²) < 4.78 is 18.5. The van der Waals surface area contributed by atoms with Gasteiger partial charge in [-0.1, -0.05) is 0 Å². The second kappa shape index (κ2) is 8.47. The summed E-state index contributed by atoms with van der Waals surface area (Å²) in [4.78, 5) is 28.7. The van der Waals surface area contributed by atoms with E-state index in [-0.39, 0.29) is 23.9 Å². The predicted octanol–water partition coefficient (Wildman–Crippen LogP) is 3.63. The van der Waals surface area contributed by atoms with Gasteiger partial charge in [0.1, 0.15) is 11.4 Å². The molecule has 1 aromatic rings. The molecule has 0 bridgehead atoms. The number of halogens is 1.